The molecule has 0 saturated carbocycles. The van der Waals surface area contributed by atoms with Gasteiger partial charge in [-0.1, -0.05) is 43.7 Å². The lowest BCUT2D eigenvalue weighted by Gasteiger charge is -2.14. The van der Waals surface area contributed by atoms with Crippen LogP contribution >= 0.6 is 0 Å². The fourth-order valence-corrected chi connectivity index (χ4v) is 3.52. The largest absolute Gasteiger partial charge is 0.396 e. The van der Waals surface area contributed by atoms with Crippen molar-refractivity contribution >= 4 is 10.8 Å². The van der Waals surface area contributed by atoms with Crippen LogP contribution in [0.15, 0.2) is 30.3 Å². The summed E-state index contributed by atoms with van der Waals surface area (Å²) in [5, 5.41) is 8.85. The van der Waals surface area contributed by atoms with Crippen molar-refractivity contribution in [2.75, 3.05) is 12.4 Å². The van der Waals surface area contributed by atoms with Gasteiger partial charge >= 0.3 is 0 Å². The zero-order valence-corrected chi connectivity index (χ0v) is 11.3. The summed E-state index contributed by atoms with van der Waals surface area (Å²) in [5.74, 6) is 0.743. The quantitative estimate of drug-likeness (QED) is 0.724. The third-order valence-electron chi connectivity index (χ3n) is 2.86. The highest BCUT2D eigenvalue weighted by molar-refractivity contribution is 7.85. The van der Waals surface area contributed by atoms with E-state index in [1.165, 1.54) is 5.56 Å². The Kier molecular flexibility index (Phi) is 7.13. The minimum atomic E-state index is -0.794. The molecule has 0 aliphatic rings. The Balaban J connectivity index is 2.48. The lowest BCUT2D eigenvalue weighted by atomic mass is 10.1. The molecule has 0 spiro atoms. The maximum absolute atomic E-state index is 12.2. The topological polar surface area (TPSA) is 37.3 Å². The highest BCUT2D eigenvalue weighted by Gasteiger charge is 2.15. The van der Waals surface area contributed by atoms with Crippen LogP contribution in [0.2, 0.25) is 0 Å². The van der Waals surface area contributed by atoms with Crippen molar-refractivity contribution in [2.24, 2.45) is 0 Å². The van der Waals surface area contributed by atoms with Crippen LogP contribution < -0.4 is 0 Å². The highest BCUT2D eigenvalue weighted by atomic mass is 32.2. The normalized spacial score (nSPS) is 14.5. The smallest absolute Gasteiger partial charge is 0.0594 e. The van der Waals surface area contributed by atoms with E-state index in [4.69, 9.17) is 5.11 Å². The fraction of sp³-hybridized carbons (Fsp3) is 0.571. The van der Waals surface area contributed by atoms with Crippen molar-refractivity contribution in [3.8, 4) is 0 Å². The van der Waals surface area contributed by atoms with Gasteiger partial charge in [0.1, 0.15) is 0 Å². The first kappa shape index (κ1) is 14.4. The van der Waals surface area contributed by atoms with Crippen LogP contribution in [0.3, 0.4) is 0 Å². The van der Waals surface area contributed by atoms with Crippen LogP contribution in [-0.4, -0.2) is 21.7 Å². The number of hydrogen-bond acceptors (Lipinski definition) is 2. The fourth-order valence-electron chi connectivity index (χ4n) is 1.92. The van der Waals surface area contributed by atoms with Crippen LogP contribution in [0.5, 0.6) is 0 Å². The average molecular weight is 254 g/mol. The molecular weight excluding hydrogens is 232 g/mol. The number of rotatable bonds is 8. The Bertz CT molecular complexity index is 324. The molecule has 0 radical (unpaired) electrons. The standard InChI is InChI=1S/C14H22O2S/c1-2-14(13-9-5-3-6-10-13)17(16)12-8-4-7-11-15/h3,5-6,9-10,14-15H,2,4,7-8,11-12H2,1H3. The predicted octanol–water partition coefficient (Wildman–Crippen LogP) is 3.05. The molecular formula is C14H22O2S. The second-order valence-electron chi connectivity index (χ2n) is 4.18. The monoisotopic (exact) mass is 254 g/mol. The van der Waals surface area contributed by atoms with Gasteiger partial charge in [-0.15, -0.1) is 0 Å². The molecule has 0 aliphatic heterocycles. The molecule has 0 saturated heterocycles. The van der Waals surface area contributed by atoms with E-state index in [0.29, 0.717) is 0 Å². The van der Waals surface area contributed by atoms with Gasteiger partial charge in [-0.05, 0) is 24.8 Å². The molecule has 1 aromatic carbocycles. The van der Waals surface area contributed by atoms with Gasteiger partial charge in [0.05, 0.1) is 5.25 Å². The minimum Gasteiger partial charge on any atom is -0.396 e. The molecule has 3 heteroatoms. The Labute approximate surface area is 107 Å². The second kappa shape index (κ2) is 8.43. The van der Waals surface area contributed by atoms with Crippen molar-refractivity contribution in [3.63, 3.8) is 0 Å². The van der Waals surface area contributed by atoms with Gasteiger partial charge in [0.15, 0.2) is 0 Å². The predicted molar refractivity (Wildman–Crippen MR) is 73.4 cm³/mol. The summed E-state index contributed by atoms with van der Waals surface area (Å²) in [4.78, 5) is 0. The first-order chi connectivity index (χ1) is 8.29. The van der Waals surface area contributed by atoms with Crippen LogP contribution in [0.1, 0.15) is 43.4 Å². The maximum Gasteiger partial charge on any atom is 0.0594 e. The summed E-state index contributed by atoms with van der Waals surface area (Å²) < 4.78 is 12.2. The lowest BCUT2D eigenvalue weighted by Crippen LogP contribution is -2.09. The summed E-state index contributed by atoms with van der Waals surface area (Å²) in [6, 6.07) is 10.1. The first-order valence-corrected chi connectivity index (χ1v) is 7.70. The zero-order valence-electron chi connectivity index (χ0n) is 10.5. The van der Waals surface area contributed by atoms with E-state index < -0.39 is 10.8 Å². The number of hydrogen-bond donors (Lipinski definition) is 1. The highest BCUT2D eigenvalue weighted by Crippen LogP contribution is 2.24. The van der Waals surface area contributed by atoms with Crippen LogP contribution in [0, 0.1) is 0 Å². The number of benzene rings is 1. The van der Waals surface area contributed by atoms with Gasteiger partial charge in [-0.25, -0.2) is 0 Å². The van der Waals surface area contributed by atoms with Gasteiger partial charge < -0.3 is 5.11 Å². The summed E-state index contributed by atoms with van der Waals surface area (Å²) in [6.45, 7) is 2.33. The van der Waals surface area contributed by atoms with E-state index in [1.807, 2.05) is 18.2 Å². The van der Waals surface area contributed by atoms with Crippen molar-refractivity contribution in [3.05, 3.63) is 35.9 Å². The molecule has 1 rings (SSSR count). The van der Waals surface area contributed by atoms with E-state index in [2.05, 4.69) is 19.1 Å². The molecule has 2 unspecified atom stereocenters. The van der Waals surface area contributed by atoms with E-state index >= 15 is 0 Å². The number of unbranched alkanes of at least 4 members (excludes halogenated alkanes) is 2. The van der Waals surface area contributed by atoms with E-state index in [1.54, 1.807) is 0 Å². The van der Waals surface area contributed by atoms with E-state index in [0.717, 1.165) is 31.4 Å². The zero-order chi connectivity index (χ0) is 12.5. The van der Waals surface area contributed by atoms with Crippen LogP contribution in [0.4, 0.5) is 0 Å². The van der Waals surface area contributed by atoms with Crippen molar-refractivity contribution in [1.82, 2.24) is 0 Å². The summed E-state index contributed by atoms with van der Waals surface area (Å²) in [5.41, 5.74) is 1.18. The third-order valence-corrected chi connectivity index (χ3v) is 4.79. The first-order valence-electron chi connectivity index (χ1n) is 6.32. The van der Waals surface area contributed by atoms with Crippen molar-refractivity contribution in [2.45, 2.75) is 37.9 Å². The molecule has 0 aliphatic carbocycles. The van der Waals surface area contributed by atoms with Gasteiger partial charge in [-0.3, -0.25) is 4.21 Å². The summed E-state index contributed by atoms with van der Waals surface area (Å²) >= 11 is 0. The van der Waals surface area contributed by atoms with Gasteiger partial charge in [0, 0.05) is 23.2 Å². The van der Waals surface area contributed by atoms with Crippen molar-refractivity contribution < 1.29 is 9.32 Å². The Morgan fingerprint density at radius 2 is 1.88 bits per heavy atom. The van der Waals surface area contributed by atoms with Crippen LogP contribution in [-0.2, 0) is 10.8 Å². The molecule has 96 valence electrons. The van der Waals surface area contributed by atoms with E-state index in [-0.39, 0.29) is 11.9 Å². The Hall–Kier alpha value is -0.670. The molecule has 2 nitrogen and oxygen atoms in total. The van der Waals surface area contributed by atoms with Crippen LogP contribution in [0.25, 0.3) is 0 Å². The molecule has 0 aromatic heterocycles. The molecule has 0 heterocycles. The van der Waals surface area contributed by atoms with Gasteiger partial charge in [0.2, 0.25) is 0 Å². The average Bonchev–Trinajstić information content (AvgIpc) is 2.37. The number of aliphatic hydroxyl groups is 1. The summed E-state index contributed by atoms with van der Waals surface area (Å²) in [6.07, 6.45) is 3.64. The second-order valence-corrected chi connectivity index (χ2v) is 5.92. The summed E-state index contributed by atoms with van der Waals surface area (Å²) in [7, 11) is -0.794. The van der Waals surface area contributed by atoms with E-state index in [9.17, 15) is 4.21 Å². The molecule has 0 fully saturated rings. The maximum atomic E-state index is 12.2. The SMILES string of the molecule is CCC(c1ccccc1)S(=O)CCCCCO. The van der Waals surface area contributed by atoms with Gasteiger partial charge in [-0.2, -0.15) is 0 Å². The molecule has 1 N–H and O–H groups in total. The molecule has 17 heavy (non-hydrogen) atoms. The van der Waals surface area contributed by atoms with Gasteiger partial charge in [0.25, 0.3) is 0 Å². The molecule has 1 aromatic rings. The minimum absolute atomic E-state index is 0.158. The Morgan fingerprint density at radius 1 is 1.18 bits per heavy atom. The molecule has 0 amide bonds. The molecule has 0 bridgehead atoms. The number of aliphatic hydroxyl groups excluding tert-OH is 1. The molecule has 2 atom stereocenters. The Morgan fingerprint density at radius 3 is 2.47 bits per heavy atom. The third kappa shape index (κ3) is 5.00. The lowest BCUT2D eigenvalue weighted by molar-refractivity contribution is 0.284. The van der Waals surface area contributed by atoms with Crippen molar-refractivity contribution in [1.29, 1.82) is 0 Å².